The van der Waals surface area contributed by atoms with Gasteiger partial charge in [-0.05, 0) is 46.5 Å². The van der Waals surface area contributed by atoms with Gasteiger partial charge in [-0.2, -0.15) is 4.31 Å². The van der Waals surface area contributed by atoms with Crippen molar-refractivity contribution in [1.82, 2.24) is 4.31 Å². The van der Waals surface area contributed by atoms with Crippen LogP contribution in [0.1, 0.15) is 18.4 Å². The summed E-state index contributed by atoms with van der Waals surface area (Å²) in [6.45, 7) is 0.939. The van der Waals surface area contributed by atoms with Crippen molar-refractivity contribution in [1.29, 1.82) is 0 Å². The van der Waals surface area contributed by atoms with Crippen LogP contribution in [-0.4, -0.2) is 39.0 Å². The fourth-order valence-corrected chi connectivity index (χ4v) is 5.05. The summed E-state index contributed by atoms with van der Waals surface area (Å²) in [5, 5.41) is 0. The fourth-order valence-electron chi connectivity index (χ4n) is 2.29. The SMILES string of the molecule is COC1CCCN(S(=O)(=O)c2ccc(CCl)cc2Br)C1. The van der Waals surface area contributed by atoms with Gasteiger partial charge in [-0.25, -0.2) is 8.42 Å². The number of alkyl halides is 1. The van der Waals surface area contributed by atoms with E-state index in [1.807, 2.05) is 0 Å². The van der Waals surface area contributed by atoms with Crippen LogP contribution in [0.3, 0.4) is 0 Å². The first-order valence-electron chi connectivity index (χ1n) is 6.36. The van der Waals surface area contributed by atoms with E-state index < -0.39 is 10.0 Å². The van der Waals surface area contributed by atoms with Gasteiger partial charge in [0, 0.05) is 30.6 Å². The molecule has 1 aromatic carbocycles. The van der Waals surface area contributed by atoms with E-state index in [9.17, 15) is 8.42 Å². The molecule has 7 heteroatoms. The highest BCUT2D eigenvalue weighted by Gasteiger charge is 2.31. The van der Waals surface area contributed by atoms with Crippen molar-refractivity contribution < 1.29 is 13.2 Å². The van der Waals surface area contributed by atoms with Crippen LogP contribution in [-0.2, 0) is 20.6 Å². The minimum atomic E-state index is -3.50. The van der Waals surface area contributed by atoms with Crippen LogP contribution in [0.2, 0.25) is 0 Å². The van der Waals surface area contributed by atoms with Crippen LogP contribution < -0.4 is 0 Å². The summed E-state index contributed by atoms with van der Waals surface area (Å²) < 4.78 is 32.7. The number of hydrogen-bond acceptors (Lipinski definition) is 3. The molecule has 0 bridgehead atoms. The molecule has 0 aliphatic carbocycles. The van der Waals surface area contributed by atoms with E-state index >= 15 is 0 Å². The van der Waals surface area contributed by atoms with Crippen LogP contribution in [0.15, 0.2) is 27.6 Å². The van der Waals surface area contributed by atoms with Gasteiger partial charge in [0.25, 0.3) is 0 Å². The number of piperidine rings is 1. The van der Waals surface area contributed by atoms with Crippen molar-refractivity contribution in [3.8, 4) is 0 Å². The molecule has 4 nitrogen and oxygen atoms in total. The first-order chi connectivity index (χ1) is 9.48. The number of benzene rings is 1. The lowest BCUT2D eigenvalue weighted by Gasteiger charge is -2.31. The molecule has 0 aromatic heterocycles. The largest absolute Gasteiger partial charge is 0.380 e. The Kier molecular flexibility index (Phi) is 5.48. The maximum atomic E-state index is 12.7. The molecule has 1 aromatic rings. The molecule has 0 amide bonds. The number of halogens is 2. The average molecular weight is 383 g/mol. The maximum absolute atomic E-state index is 12.7. The smallest absolute Gasteiger partial charge is 0.244 e. The number of methoxy groups -OCH3 is 1. The summed E-state index contributed by atoms with van der Waals surface area (Å²) in [5.74, 6) is 0.356. The molecule has 1 aliphatic rings. The van der Waals surface area contributed by atoms with Gasteiger partial charge >= 0.3 is 0 Å². The lowest BCUT2D eigenvalue weighted by molar-refractivity contribution is 0.0572. The highest BCUT2D eigenvalue weighted by atomic mass is 79.9. The fraction of sp³-hybridized carbons (Fsp3) is 0.538. The highest BCUT2D eigenvalue weighted by Crippen LogP contribution is 2.28. The van der Waals surface area contributed by atoms with E-state index in [4.69, 9.17) is 16.3 Å². The minimum absolute atomic E-state index is 0.0283. The third-order valence-electron chi connectivity index (χ3n) is 3.44. The third kappa shape index (κ3) is 3.36. The van der Waals surface area contributed by atoms with Crippen LogP contribution in [0.4, 0.5) is 0 Å². The lowest BCUT2D eigenvalue weighted by Crippen LogP contribution is -2.42. The summed E-state index contributed by atoms with van der Waals surface area (Å²) in [6, 6.07) is 5.09. The molecular formula is C13H17BrClNO3S. The van der Waals surface area contributed by atoms with E-state index in [0.717, 1.165) is 18.4 Å². The Hall–Kier alpha value is -0.140. The number of nitrogens with zero attached hydrogens (tertiary/aromatic N) is 1. The van der Waals surface area contributed by atoms with Gasteiger partial charge in [0.2, 0.25) is 10.0 Å². The Morgan fingerprint density at radius 1 is 1.50 bits per heavy atom. The summed E-state index contributed by atoms with van der Waals surface area (Å²) in [6.07, 6.45) is 1.68. The van der Waals surface area contributed by atoms with Crippen molar-refractivity contribution in [3.63, 3.8) is 0 Å². The zero-order valence-electron chi connectivity index (χ0n) is 11.2. The van der Waals surface area contributed by atoms with Crippen LogP contribution in [0.25, 0.3) is 0 Å². The third-order valence-corrected chi connectivity index (χ3v) is 6.59. The summed E-state index contributed by atoms with van der Waals surface area (Å²) in [7, 11) is -1.88. The van der Waals surface area contributed by atoms with Crippen molar-refractivity contribution >= 4 is 37.6 Å². The molecule has 1 unspecified atom stereocenters. The Morgan fingerprint density at radius 2 is 2.25 bits per heavy atom. The van der Waals surface area contributed by atoms with Gasteiger partial charge in [0.15, 0.2) is 0 Å². The maximum Gasteiger partial charge on any atom is 0.244 e. The molecule has 0 spiro atoms. The van der Waals surface area contributed by atoms with Gasteiger partial charge in [0.05, 0.1) is 11.0 Å². The zero-order valence-corrected chi connectivity index (χ0v) is 14.3. The standard InChI is InChI=1S/C13H17BrClNO3S/c1-19-11-3-2-6-16(9-11)20(17,18)13-5-4-10(8-15)7-12(13)14/h4-5,7,11H,2-3,6,8-9H2,1H3. The van der Waals surface area contributed by atoms with Crippen molar-refractivity contribution in [2.75, 3.05) is 20.2 Å². The first kappa shape index (κ1) is 16.2. The van der Waals surface area contributed by atoms with Gasteiger partial charge in [-0.15, -0.1) is 11.6 Å². The molecular weight excluding hydrogens is 366 g/mol. The highest BCUT2D eigenvalue weighted by molar-refractivity contribution is 9.10. The lowest BCUT2D eigenvalue weighted by atomic mass is 10.1. The second kappa shape index (κ2) is 6.75. The molecule has 1 aliphatic heterocycles. The van der Waals surface area contributed by atoms with Gasteiger partial charge < -0.3 is 4.74 Å². The van der Waals surface area contributed by atoms with E-state index in [-0.39, 0.29) is 11.0 Å². The minimum Gasteiger partial charge on any atom is -0.380 e. The summed E-state index contributed by atoms with van der Waals surface area (Å²) >= 11 is 9.08. The quantitative estimate of drug-likeness (QED) is 0.752. The van der Waals surface area contributed by atoms with Crippen molar-refractivity contribution in [2.24, 2.45) is 0 Å². The molecule has 112 valence electrons. The molecule has 1 heterocycles. The second-order valence-electron chi connectivity index (χ2n) is 4.76. The molecule has 0 N–H and O–H groups in total. The van der Waals surface area contributed by atoms with Crippen LogP contribution >= 0.6 is 27.5 Å². The molecule has 0 radical (unpaired) electrons. The van der Waals surface area contributed by atoms with E-state index in [1.54, 1.807) is 25.3 Å². The molecule has 0 saturated carbocycles. The van der Waals surface area contributed by atoms with Crippen LogP contribution in [0.5, 0.6) is 0 Å². The Bertz CT molecular complexity index is 579. The summed E-state index contributed by atoms with van der Waals surface area (Å²) in [4.78, 5) is 0.281. The number of rotatable bonds is 4. The first-order valence-corrected chi connectivity index (χ1v) is 9.13. The predicted octanol–water partition coefficient (Wildman–Crippen LogP) is 2.99. The van der Waals surface area contributed by atoms with Gasteiger partial charge in [0.1, 0.15) is 0 Å². The zero-order chi connectivity index (χ0) is 14.8. The normalized spacial score (nSPS) is 21.1. The Morgan fingerprint density at radius 3 is 2.85 bits per heavy atom. The monoisotopic (exact) mass is 381 g/mol. The Labute approximate surface area is 133 Å². The van der Waals surface area contributed by atoms with Gasteiger partial charge in [-0.3, -0.25) is 0 Å². The molecule has 1 fully saturated rings. The summed E-state index contributed by atoms with van der Waals surface area (Å²) in [5.41, 5.74) is 0.880. The average Bonchev–Trinajstić information content (AvgIpc) is 2.46. The molecule has 1 saturated heterocycles. The predicted molar refractivity (Wildman–Crippen MR) is 82.5 cm³/mol. The van der Waals surface area contributed by atoms with Gasteiger partial charge in [-0.1, -0.05) is 6.07 Å². The topological polar surface area (TPSA) is 46.6 Å². The molecule has 20 heavy (non-hydrogen) atoms. The molecule has 2 rings (SSSR count). The second-order valence-corrected chi connectivity index (χ2v) is 7.79. The van der Waals surface area contributed by atoms with Crippen LogP contribution in [0, 0.1) is 0 Å². The number of sulfonamides is 1. The Balaban J connectivity index is 2.30. The molecule has 1 atom stereocenters. The number of ether oxygens (including phenoxy) is 1. The number of hydrogen-bond donors (Lipinski definition) is 0. The van der Waals surface area contributed by atoms with Crippen molar-refractivity contribution in [2.45, 2.75) is 29.7 Å². The van der Waals surface area contributed by atoms with E-state index in [0.29, 0.717) is 23.4 Å². The van der Waals surface area contributed by atoms with Crippen molar-refractivity contribution in [3.05, 3.63) is 28.2 Å². The van der Waals surface area contributed by atoms with E-state index in [1.165, 1.54) is 4.31 Å². The van der Waals surface area contributed by atoms with E-state index in [2.05, 4.69) is 15.9 Å².